The second kappa shape index (κ2) is 4.52. The predicted octanol–water partition coefficient (Wildman–Crippen LogP) is 1.53. The van der Waals surface area contributed by atoms with E-state index in [-0.39, 0.29) is 5.54 Å². The second-order valence-electron chi connectivity index (χ2n) is 6.93. The first-order valence-corrected chi connectivity index (χ1v) is 7.06. The number of hydrogen-bond acceptors (Lipinski definition) is 3. The Morgan fingerprint density at radius 3 is 2.47 bits per heavy atom. The van der Waals surface area contributed by atoms with Crippen LogP contribution < -0.4 is 5.73 Å². The lowest BCUT2D eigenvalue weighted by Gasteiger charge is -2.52. The van der Waals surface area contributed by atoms with Crippen LogP contribution in [0.2, 0.25) is 0 Å². The quantitative estimate of drug-likeness (QED) is 0.793. The van der Waals surface area contributed by atoms with Gasteiger partial charge in [0.2, 0.25) is 0 Å². The molecule has 2 rings (SSSR count). The molecule has 2 aliphatic rings. The molecule has 1 aliphatic carbocycles. The standard InChI is InChI=1S/C14H29N3/c1-12-5-6-14(9-12,10-15)17-8-7-16(4)13(2,3)11-17/h12H,5-11,15H2,1-4H3. The summed E-state index contributed by atoms with van der Waals surface area (Å²) in [7, 11) is 2.24. The van der Waals surface area contributed by atoms with E-state index in [1.54, 1.807) is 0 Å². The third kappa shape index (κ3) is 2.38. The van der Waals surface area contributed by atoms with Gasteiger partial charge in [0.05, 0.1) is 0 Å². The van der Waals surface area contributed by atoms with E-state index in [1.807, 2.05) is 0 Å². The lowest BCUT2D eigenvalue weighted by molar-refractivity contribution is -0.0209. The molecule has 3 nitrogen and oxygen atoms in total. The molecule has 0 aromatic heterocycles. The summed E-state index contributed by atoms with van der Waals surface area (Å²) in [6.45, 7) is 11.4. The minimum atomic E-state index is 0.284. The van der Waals surface area contributed by atoms with Crippen LogP contribution in [0.4, 0.5) is 0 Å². The maximum Gasteiger partial charge on any atom is 0.0335 e. The van der Waals surface area contributed by atoms with Crippen LogP contribution in [0, 0.1) is 5.92 Å². The van der Waals surface area contributed by atoms with Crippen molar-refractivity contribution in [3.8, 4) is 0 Å². The highest BCUT2D eigenvalue weighted by molar-refractivity contribution is 5.02. The molecule has 2 unspecified atom stereocenters. The van der Waals surface area contributed by atoms with Crippen molar-refractivity contribution in [3.05, 3.63) is 0 Å². The van der Waals surface area contributed by atoms with Crippen LogP contribution in [0.3, 0.4) is 0 Å². The van der Waals surface area contributed by atoms with Crippen LogP contribution >= 0.6 is 0 Å². The van der Waals surface area contributed by atoms with Gasteiger partial charge in [0.25, 0.3) is 0 Å². The molecule has 0 bridgehead atoms. The van der Waals surface area contributed by atoms with E-state index in [9.17, 15) is 0 Å². The Hall–Kier alpha value is -0.120. The summed E-state index contributed by atoms with van der Waals surface area (Å²) < 4.78 is 0. The van der Waals surface area contributed by atoms with E-state index in [0.717, 1.165) is 19.0 Å². The van der Waals surface area contributed by atoms with E-state index in [0.29, 0.717) is 5.54 Å². The highest BCUT2D eigenvalue weighted by atomic mass is 15.3. The summed E-state index contributed by atoms with van der Waals surface area (Å²) in [5, 5.41) is 0. The fourth-order valence-electron chi connectivity index (χ4n) is 3.61. The van der Waals surface area contributed by atoms with Gasteiger partial charge in [-0.15, -0.1) is 0 Å². The first-order chi connectivity index (χ1) is 7.89. The van der Waals surface area contributed by atoms with Gasteiger partial charge in [0.15, 0.2) is 0 Å². The Bertz CT molecular complexity index is 277. The Labute approximate surface area is 106 Å². The lowest BCUT2D eigenvalue weighted by Crippen LogP contribution is -2.65. The molecule has 100 valence electrons. The number of nitrogens with two attached hydrogens (primary N) is 1. The topological polar surface area (TPSA) is 32.5 Å². The summed E-state index contributed by atoms with van der Waals surface area (Å²) >= 11 is 0. The summed E-state index contributed by atoms with van der Waals surface area (Å²) in [4.78, 5) is 5.17. The number of nitrogens with zero attached hydrogens (tertiary/aromatic N) is 2. The van der Waals surface area contributed by atoms with E-state index < -0.39 is 0 Å². The highest BCUT2D eigenvalue weighted by Gasteiger charge is 2.45. The third-order valence-electron chi connectivity index (χ3n) is 5.20. The average molecular weight is 239 g/mol. The van der Waals surface area contributed by atoms with Crippen molar-refractivity contribution in [3.63, 3.8) is 0 Å². The van der Waals surface area contributed by atoms with Crippen LogP contribution in [0.5, 0.6) is 0 Å². The molecule has 17 heavy (non-hydrogen) atoms. The van der Waals surface area contributed by atoms with Crippen molar-refractivity contribution in [1.29, 1.82) is 0 Å². The fourth-order valence-corrected chi connectivity index (χ4v) is 3.61. The van der Waals surface area contributed by atoms with Crippen molar-refractivity contribution in [2.45, 2.75) is 51.1 Å². The SMILES string of the molecule is CC1CCC(CN)(N2CCN(C)C(C)(C)C2)C1. The number of likely N-dealkylation sites (N-methyl/N-ethyl adjacent to an activating group) is 1. The van der Waals surface area contributed by atoms with Crippen molar-refractivity contribution < 1.29 is 0 Å². The molecule has 1 aliphatic heterocycles. The molecule has 0 amide bonds. The smallest absolute Gasteiger partial charge is 0.0335 e. The zero-order valence-corrected chi connectivity index (χ0v) is 12.0. The molecule has 1 saturated heterocycles. The van der Waals surface area contributed by atoms with E-state index >= 15 is 0 Å². The van der Waals surface area contributed by atoms with Gasteiger partial charge in [-0.05, 0) is 46.1 Å². The maximum atomic E-state index is 6.13. The first kappa shape index (κ1) is 13.3. The minimum absolute atomic E-state index is 0.284. The lowest BCUT2D eigenvalue weighted by atomic mass is 9.89. The second-order valence-corrected chi connectivity index (χ2v) is 6.93. The van der Waals surface area contributed by atoms with Gasteiger partial charge in [-0.2, -0.15) is 0 Å². The molecule has 2 N–H and O–H groups in total. The zero-order chi connectivity index (χ0) is 12.7. The molecular weight excluding hydrogens is 210 g/mol. The molecule has 0 radical (unpaired) electrons. The molecule has 1 saturated carbocycles. The molecule has 3 heteroatoms. The van der Waals surface area contributed by atoms with Gasteiger partial charge in [-0.1, -0.05) is 6.92 Å². The van der Waals surface area contributed by atoms with Crippen LogP contribution in [0.25, 0.3) is 0 Å². The van der Waals surface area contributed by atoms with Crippen LogP contribution in [0.15, 0.2) is 0 Å². The van der Waals surface area contributed by atoms with Gasteiger partial charge in [-0.25, -0.2) is 0 Å². The van der Waals surface area contributed by atoms with Gasteiger partial charge in [0, 0.05) is 37.3 Å². The van der Waals surface area contributed by atoms with Gasteiger partial charge in [-0.3, -0.25) is 9.80 Å². The van der Waals surface area contributed by atoms with Crippen LogP contribution in [-0.2, 0) is 0 Å². The minimum Gasteiger partial charge on any atom is -0.329 e. The molecule has 1 heterocycles. The van der Waals surface area contributed by atoms with Crippen molar-refractivity contribution >= 4 is 0 Å². The molecule has 0 aromatic carbocycles. The maximum absolute atomic E-state index is 6.13. The normalized spacial score (nSPS) is 39.7. The first-order valence-electron chi connectivity index (χ1n) is 7.06. The van der Waals surface area contributed by atoms with Gasteiger partial charge >= 0.3 is 0 Å². The highest BCUT2D eigenvalue weighted by Crippen LogP contribution is 2.40. The van der Waals surface area contributed by atoms with Gasteiger partial charge < -0.3 is 5.73 Å². The van der Waals surface area contributed by atoms with E-state index in [4.69, 9.17) is 5.73 Å². The van der Waals surface area contributed by atoms with E-state index in [2.05, 4.69) is 37.6 Å². The number of piperazine rings is 1. The summed E-state index contributed by atoms with van der Waals surface area (Å²) in [5.74, 6) is 0.848. The Morgan fingerprint density at radius 1 is 1.29 bits per heavy atom. The van der Waals surface area contributed by atoms with Crippen molar-refractivity contribution in [1.82, 2.24) is 9.80 Å². The van der Waals surface area contributed by atoms with Crippen LogP contribution in [-0.4, -0.2) is 54.1 Å². The Kier molecular flexibility index (Phi) is 3.54. The summed E-state index contributed by atoms with van der Waals surface area (Å²) in [6.07, 6.45) is 3.94. The van der Waals surface area contributed by atoms with Crippen molar-refractivity contribution in [2.24, 2.45) is 11.7 Å². The Morgan fingerprint density at radius 2 is 2.00 bits per heavy atom. The molecule has 0 aromatic rings. The monoisotopic (exact) mass is 239 g/mol. The molecular formula is C14H29N3. The largest absolute Gasteiger partial charge is 0.329 e. The summed E-state index contributed by atoms with van der Waals surface area (Å²) in [5.41, 5.74) is 6.72. The van der Waals surface area contributed by atoms with Crippen LogP contribution in [0.1, 0.15) is 40.0 Å². The average Bonchev–Trinajstić information content (AvgIpc) is 2.65. The fraction of sp³-hybridized carbons (Fsp3) is 1.00. The van der Waals surface area contributed by atoms with E-state index in [1.165, 1.54) is 32.4 Å². The number of hydrogen-bond donors (Lipinski definition) is 1. The van der Waals surface area contributed by atoms with Gasteiger partial charge in [0.1, 0.15) is 0 Å². The predicted molar refractivity (Wildman–Crippen MR) is 73.1 cm³/mol. The molecule has 2 atom stereocenters. The Balaban J connectivity index is 2.11. The third-order valence-corrected chi connectivity index (χ3v) is 5.20. The zero-order valence-electron chi connectivity index (χ0n) is 12.0. The molecule has 0 spiro atoms. The summed E-state index contributed by atoms with van der Waals surface area (Å²) in [6, 6.07) is 0. The van der Waals surface area contributed by atoms with Crippen molar-refractivity contribution in [2.75, 3.05) is 33.2 Å². The molecule has 2 fully saturated rings. The number of rotatable bonds is 2.